The standard InChI is InChI=1S/C12H20N4/c1-10-6-11(16-15-7-10)14-9-12(2)4-3-5-13-8-12/h6-7,13H,3-5,8-9H2,1-2H3,(H,14,16). The van der Waals surface area contributed by atoms with Crippen LogP contribution < -0.4 is 10.6 Å². The van der Waals surface area contributed by atoms with E-state index in [0.29, 0.717) is 5.41 Å². The molecule has 0 bridgehead atoms. The van der Waals surface area contributed by atoms with E-state index in [1.54, 1.807) is 6.20 Å². The molecular weight excluding hydrogens is 200 g/mol. The minimum absolute atomic E-state index is 0.337. The van der Waals surface area contributed by atoms with Gasteiger partial charge in [0.2, 0.25) is 0 Å². The highest BCUT2D eigenvalue weighted by Crippen LogP contribution is 2.25. The summed E-state index contributed by atoms with van der Waals surface area (Å²) in [5, 5.41) is 14.8. The van der Waals surface area contributed by atoms with E-state index < -0.39 is 0 Å². The van der Waals surface area contributed by atoms with Crippen LogP contribution in [0.15, 0.2) is 12.3 Å². The van der Waals surface area contributed by atoms with Crippen molar-refractivity contribution in [1.29, 1.82) is 0 Å². The molecule has 0 amide bonds. The lowest BCUT2D eigenvalue weighted by atomic mass is 9.83. The highest BCUT2D eigenvalue weighted by atomic mass is 15.2. The van der Waals surface area contributed by atoms with Crippen molar-refractivity contribution in [2.24, 2.45) is 5.41 Å². The zero-order valence-electron chi connectivity index (χ0n) is 10.1. The molecule has 1 aromatic rings. The summed E-state index contributed by atoms with van der Waals surface area (Å²) < 4.78 is 0. The number of hydrogen-bond acceptors (Lipinski definition) is 4. The van der Waals surface area contributed by atoms with Crippen LogP contribution in [0.5, 0.6) is 0 Å². The van der Waals surface area contributed by atoms with Gasteiger partial charge in [-0.25, -0.2) is 0 Å². The van der Waals surface area contributed by atoms with Crippen molar-refractivity contribution >= 4 is 5.82 Å². The molecule has 16 heavy (non-hydrogen) atoms. The summed E-state index contributed by atoms with van der Waals surface area (Å²) in [6, 6.07) is 2.03. The first-order valence-corrected chi connectivity index (χ1v) is 5.92. The zero-order valence-corrected chi connectivity index (χ0v) is 10.1. The van der Waals surface area contributed by atoms with Gasteiger partial charge in [-0.1, -0.05) is 6.92 Å². The Hall–Kier alpha value is -1.16. The minimum atomic E-state index is 0.337. The Morgan fingerprint density at radius 2 is 2.44 bits per heavy atom. The first-order chi connectivity index (χ1) is 7.68. The fourth-order valence-corrected chi connectivity index (χ4v) is 2.12. The van der Waals surface area contributed by atoms with Gasteiger partial charge in [-0.2, -0.15) is 5.10 Å². The second-order valence-electron chi connectivity index (χ2n) is 5.06. The van der Waals surface area contributed by atoms with Crippen molar-refractivity contribution in [3.05, 3.63) is 17.8 Å². The largest absolute Gasteiger partial charge is 0.368 e. The summed E-state index contributed by atoms with van der Waals surface area (Å²) in [5.41, 5.74) is 1.48. The van der Waals surface area contributed by atoms with Gasteiger partial charge in [-0.15, -0.1) is 5.10 Å². The highest BCUT2D eigenvalue weighted by molar-refractivity contribution is 5.35. The Morgan fingerprint density at radius 1 is 1.56 bits per heavy atom. The second kappa shape index (κ2) is 4.78. The van der Waals surface area contributed by atoms with Gasteiger partial charge in [0, 0.05) is 13.1 Å². The molecule has 1 aromatic heterocycles. The van der Waals surface area contributed by atoms with E-state index in [2.05, 4.69) is 27.8 Å². The average Bonchev–Trinajstić information content (AvgIpc) is 2.28. The molecule has 88 valence electrons. The van der Waals surface area contributed by atoms with Crippen molar-refractivity contribution in [1.82, 2.24) is 15.5 Å². The highest BCUT2D eigenvalue weighted by Gasteiger charge is 2.26. The molecule has 2 rings (SSSR count). The summed E-state index contributed by atoms with van der Waals surface area (Å²) in [4.78, 5) is 0. The molecule has 0 radical (unpaired) electrons. The van der Waals surface area contributed by atoms with Crippen molar-refractivity contribution < 1.29 is 0 Å². The summed E-state index contributed by atoms with van der Waals surface area (Å²) in [6.07, 6.45) is 4.30. The fourth-order valence-electron chi connectivity index (χ4n) is 2.12. The van der Waals surface area contributed by atoms with E-state index in [0.717, 1.165) is 31.0 Å². The number of aryl methyl sites for hydroxylation is 1. The van der Waals surface area contributed by atoms with Crippen LogP contribution >= 0.6 is 0 Å². The average molecular weight is 220 g/mol. The molecule has 1 fully saturated rings. The summed E-state index contributed by atoms with van der Waals surface area (Å²) in [6.45, 7) is 7.54. The molecule has 0 spiro atoms. The third kappa shape index (κ3) is 2.92. The molecule has 2 heterocycles. The van der Waals surface area contributed by atoms with Crippen LogP contribution in [0.3, 0.4) is 0 Å². The number of aromatic nitrogens is 2. The number of nitrogens with zero attached hydrogens (tertiary/aromatic N) is 2. The Balaban J connectivity index is 1.91. The third-order valence-corrected chi connectivity index (χ3v) is 3.17. The molecule has 1 saturated heterocycles. The SMILES string of the molecule is Cc1cnnc(NCC2(C)CCCNC2)c1. The number of nitrogens with one attached hydrogen (secondary N) is 2. The van der Waals surface area contributed by atoms with Gasteiger partial charge in [0.05, 0.1) is 6.20 Å². The maximum Gasteiger partial charge on any atom is 0.148 e. The molecule has 4 heteroatoms. The van der Waals surface area contributed by atoms with Crippen LogP contribution in [0.2, 0.25) is 0 Å². The van der Waals surface area contributed by atoms with Gasteiger partial charge >= 0.3 is 0 Å². The van der Waals surface area contributed by atoms with Crippen LogP contribution in [0.25, 0.3) is 0 Å². The molecule has 0 saturated carbocycles. The molecule has 1 atom stereocenters. The second-order valence-corrected chi connectivity index (χ2v) is 5.06. The van der Waals surface area contributed by atoms with Gasteiger partial charge in [0.15, 0.2) is 0 Å². The van der Waals surface area contributed by atoms with Crippen LogP contribution in [0.1, 0.15) is 25.3 Å². The predicted octanol–water partition coefficient (Wildman–Crippen LogP) is 1.59. The Morgan fingerprint density at radius 3 is 3.12 bits per heavy atom. The van der Waals surface area contributed by atoms with Gasteiger partial charge in [0.1, 0.15) is 5.82 Å². The van der Waals surface area contributed by atoms with Gasteiger partial charge in [-0.3, -0.25) is 0 Å². The molecule has 1 aliphatic heterocycles. The van der Waals surface area contributed by atoms with Gasteiger partial charge < -0.3 is 10.6 Å². The number of anilines is 1. The first-order valence-electron chi connectivity index (χ1n) is 5.92. The molecule has 4 nitrogen and oxygen atoms in total. The topological polar surface area (TPSA) is 49.8 Å². The van der Waals surface area contributed by atoms with Gasteiger partial charge in [0.25, 0.3) is 0 Å². The van der Waals surface area contributed by atoms with Crippen molar-refractivity contribution in [3.63, 3.8) is 0 Å². The van der Waals surface area contributed by atoms with Crippen LogP contribution in [0, 0.1) is 12.3 Å². The van der Waals surface area contributed by atoms with Crippen molar-refractivity contribution in [3.8, 4) is 0 Å². The lowest BCUT2D eigenvalue weighted by Crippen LogP contribution is -2.42. The minimum Gasteiger partial charge on any atom is -0.368 e. The molecule has 1 unspecified atom stereocenters. The summed E-state index contributed by atoms with van der Waals surface area (Å²) >= 11 is 0. The quantitative estimate of drug-likeness (QED) is 0.812. The van der Waals surface area contributed by atoms with E-state index in [-0.39, 0.29) is 0 Å². The van der Waals surface area contributed by atoms with E-state index in [1.165, 1.54) is 12.8 Å². The summed E-state index contributed by atoms with van der Waals surface area (Å²) in [7, 11) is 0. The van der Waals surface area contributed by atoms with Crippen LogP contribution in [-0.4, -0.2) is 29.8 Å². The number of rotatable bonds is 3. The fraction of sp³-hybridized carbons (Fsp3) is 0.667. The van der Waals surface area contributed by atoms with Gasteiger partial charge in [-0.05, 0) is 43.4 Å². The summed E-state index contributed by atoms with van der Waals surface area (Å²) in [5.74, 6) is 0.881. The van der Waals surface area contributed by atoms with E-state index >= 15 is 0 Å². The van der Waals surface area contributed by atoms with Crippen LogP contribution in [-0.2, 0) is 0 Å². The maximum absolute atomic E-state index is 4.07. The maximum atomic E-state index is 4.07. The molecule has 0 aliphatic carbocycles. The predicted molar refractivity (Wildman–Crippen MR) is 65.5 cm³/mol. The lowest BCUT2D eigenvalue weighted by molar-refractivity contribution is 0.253. The van der Waals surface area contributed by atoms with E-state index in [4.69, 9.17) is 0 Å². The van der Waals surface area contributed by atoms with E-state index in [9.17, 15) is 0 Å². The Kier molecular flexibility index (Phi) is 3.39. The molecular formula is C12H20N4. The molecule has 0 aromatic carbocycles. The molecule has 2 N–H and O–H groups in total. The molecule has 1 aliphatic rings. The Bertz CT molecular complexity index is 345. The van der Waals surface area contributed by atoms with E-state index in [1.807, 2.05) is 13.0 Å². The smallest absolute Gasteiger partial charge is 0.148 e. The van der Waals surface area contributed by atoms with Crippen molar-refractivity contribution in [2.45, 2.75) is 26.7 Å². The zero-order chi connectivity index (χ0) is 11.4. The van der Waals surface area contributed by atoms with Crippen molar-refractivity contribution in [2.75, 3.05) is 25.0 Å². The van der Waals surface area contributed by atoms with Crippen LogP contribution in [0.4, 0.5) is 5.82 Å². The number of piperidine rings is 1. The lowest BCUT2D eigenvalue weighted by Gasteiger charge is -2.34. The number of hydrogen-bond donors (Lipinski definition) is 2. The normalized spacial score (nSPS) is 25.4. The first kappa shape index (κ1) is 11.3. The monoisotopic (exact) mass is 220 g/mol. The Labute approximate surface area is 96.9 Å². The third-order valence-electron chi connectivity index (χ3n) is 3.17.